The number of nitrogens with two attached hydrogens (primary N) is 1. The fourth-order valence-corrected chi connectivity index (χ4v) is 0.394. The van der Waals surface area contributed by atoms with E-state index in [0.29, 0.717) is 0 Å². The summed E-state index contributed by atoms with van der Waals surface area (Å²) in [6.07, 6.45) is 3.75. The second kappa shape index (κ2) is 4.96. The van der Waals surface area contributed by atoms with Gasteiger partial charge in [-0.2, -0.15) is 0 Å². The first-order valence-electron chi connectivity index (χ1n) is 2.62. The average molecular weight is 89.2 g/mol. The molecule has 0 aromatic rings. The first-order chi connectivity index (χ1) is 2.91. The lowest BCUT2D eigenvalue weighted by atomic mass is 10.3. The Labute approximate surface area is 39.5 Å². The summed E-state index contributed by atoms with van der Waals surface area (Å²) in [4.78, 5) is 0. The zero-order valence-electron chi connectivity index (χ0n) is 4.41. The van der Waals surface area contributed by atoms with E-state index < -0.39 is 0 Å². The van der Waals surface area contributed by atoms with Gasteiger partial charge < -0.3 is 5.73 Å². The van der Waals surface area contributed by atoms with Gasteiger partial charge in [-0.3, -0.25) is 0 Å². The van der Waals surface area contributed by atoms with Crippen molar-refractivity contribution in [2.75, 3.05) is 6.54 Å². The largest absolute Gasteiger partial charge is 0.330 e. The van der Waals surface area contributed by atoms with Gasteiger partial charge in [0.2, 0.25) is 0 Å². The van der Waals surface area contributed by atoms with Gasteiger partial charge in [0.05, 0.1) is 0 Å². The average Bonchev–Trinajstić information content (AvgIpc) is 1.61. The molecule has 0 rings (SSSR count). The van der Waals surface area contributed by atoms with Crippen LogP contribution in [0.1, 0.15) is 26.2 Å². The van der Waals surface area contributed by atoms with Gasteiger partial charge in [0.25, 0.3) is 0 Å². The van der Waals surface area contributed by atoms with Gasteiger partial charge >= 0.3 is 0 Å². The van der Waals surface area contributed by atoms with Crippen LogP contribution in [0.3, 0.4) is 0 Å². The normalized spacial score (nSPS) is 9.00. The van der Waals surface area contributed by atoms with Gasteiger partial charge in [-0.25, -0.2) is 0 Å². The van der Waals surface area contributed by atoms with Crippen molar-refractivity contribution in [1.29, 1.82) is 0 Å². The van der Waals surface area contributed by atoms with Crippen LogP contribution in [0.4, 0.5) is 0 Å². The van der Waals surface area contributed by atoms with Crippen LogP contribution in [0.5, 0.6) is 0 Å². The molecule has 0 aliphatic heterocycles. The molecule has 38 valence electrons. The Morgan fingerprint density at radius 2 is 2.33 bits per heavy atom. The molecule has 0 aromatic carbocycles. The van der Waals surface area contributed by atoms with E-state index in [9.17, 15) is 0 Å². The molecule has 0 saturated heterocycles. The smallest absolute Gasteiger partial charge is 0.00773 e. The van der Waals surface area contributed by atoms with E-state index in [2.05, 4.69) is 6.92 Å². The van der Waals surface area contributed by atoms with Gasteiger partial charge in [0.15, 0.2) is 0 Å². The van der Waals surface area contributed by atoms with Crippen LogP contribution in [0, 0.1) is 0 Å². The van der Waals surface area contributed by atoms with Crippen LogP contribution in [0.25, 0.3) is 0 Å². The summed E-state index contributed by atoms with van der Waals surface area (Å²) < 4.78 is 0. The Morgan fingerprint density at radius 1 is 1.67 bits per heavy atom. The summed E-state index contributed by atoms with van der Waals surface area (Å²) in [5.41, 5.74) is 5.21. The van der Waals surface area contributed by atoms with Crippen molar-refractivity contribution < 1.29 is 0 Å². The van der Waals surface area contributed by atoms with Crippen molar-refractivity contribution in [2.24, 2.45) is 5.73 Å². The topological polar surface area (TPSA) is 26.0 Å². The minimum absolute atomic E-state index is 0.855. The summed E-state index contributed by atoms with van der Waals surface area (Å²) >= 11 is 0. The predicted molar refractivity (Wildman–Crippen MR) is 28.6 cm³/mol. The maximum atomic E-state index is 5.21. The lowest BCUT2D eigenvalue weighted by Crippen LogP contribution is -1.96. The Hall–Kier alpha value is -0.0400. The number of hydrogen-bond acceptors (Lipinski definition) is 1. The highest BCUT2D eigenvalue weighted by Gasteiger charge is 1.75. The third-order valence-corrected chi connectivity index (χ3v) is 0.808. The Kier molecular flexibility index (Phi) is 4.93. The van der Waals surface area contributed by atoms with E-state index in [-0.39, 0.29) is 0 Å². The van der Waals surface area contributed by atoms with Crippen LogP contribution in [0.15, 0.2) is 0 Å². The summed E-state index contributed by atoms with van der Waals surface area (Å²) in [5.74, 6) is 0. The van der Waals surface area contributed by atoms with Gasteiger partial charge in [-0.1, -0.05) is 19.8 Å². The molecule has 6 heavy (non-hydrogen) atoms. The van der Waals surface area contributed by atoms with E-state index in [1.54, 1.807) is 0 Å². The molecular weight excluding hydrogens is 76.1 g/mol. The van der Waals surface area contributed by atoms with Crippen molar-refractivity contribution >= 4 is 0 Å². The molecule has 0 saturated carbocycles. The maximum absolute atomic E-state index is 5.21. The highest BCUT2D eigenvalue weighted by atomic mass is 15.2. The third-order valence-electron chi connectivity index (χ3n) is 0.808. The molecule has 0 heterocycles. The monoisotopic (exact) mass is 89.1 g/mol. The molecule has 0 aliphatic carbocycles. The molecule has 0 atom stereocenters. The molecule has 0 aromatic heterocycles. The van der Waals surface area contributed by atoms with Gasteiger partial charge in [-0.05, 0) is 13.0 Å². The summed E-state index contributed by atoms with van der Waals surface area (Å²) in [7, 11) is 0. The van der Waals surface area contributed by atoms with Crippen molar-refractivity contribution in [1.82, 2.24) is 0 Å². The molecule has 0 bridgehead atoms. The van der Waals surface area contributed by atoms with Gasteiger partial charge in [0.1, 0.15) is 0 Å². The lowest BCUT2D eigenvalue weighted by molar-refractivity contribution is 0.727. The zero-order valence-corrected chi connectivity index (χ0v) is 4.41. The summed E-state index contributed by atoms with van der Waals surface area (Å²) in [6.45, 7) is 3.03. The van der Waals surface area contributed by atoms with E-state index in [0.717, 1.165) is 6.54 Å². The molecular formula is C5H13N. The summed E-state index contributed by atoms with van der Waals surface area (Å²) in [5, 5.41) is 0. The van der Waals surface area contributed by atoms with Crippen LogP contribution < -0.4 is 5.73 Å². The van der Waals surface area contributed by atoms with E-state index >= 15 is 0 Å². The Balaban J connectivity index is 2.34. The highest BCUT2D eigenvalue weighted by molar-refractivity contribution is 4.34. The van der Waals surface area contributed by atoms with E-state index in [1.165, 1.54) is 19.3 Å². The van der Waals surface area contributed by atoms with Crippen LogP contribution in [-0.4, -0.2) is 6.54 Å². The zero-order chi connectivity index (χ0) is 4.83. The second-order valence-electron chi connectivity index (χ2n) is 1.50. The maximum Gasteiger partial charge on any atom is -0.00773 e. The highest BCUT2D eigenvalue weighted by Crippen LogP contribution is 1.88. The second-order valence-corrected chi connectivity index (χ2v) is 1.50. The molecule has 1 heteroatoms. The summed E-state index contributed by atoms with van der Waals surface area (Å²) in [6, 6.07) is 0. The molecule has 0 amide bonds. The fourth-order valence-electron chi connectivity index (χ4n) is 0.394. The third kappa shape index (κ3) is 3.96. The van der Waals surface area contributed by atoms with Gasteiger partial charge in [0, 0.05) is 0 Å². The number of unbranched alkanes of at least 4 members (excludes halogenated alkanes) is 2. The molecule has 2 N–H and O–H groups in total. The number of hydrogen-bond donors (Lipinski definition) is 1. The quantitative estimate of drug-likeness (QED) is 0.515. The molecule has 0 fully saturated rings. The predicted octanol–water partition coefficient (Wildman–Crippen LogP) is 1.14. The first-order valence-corrected chi connectivity index (χ1v) is 2.62. The number of rotatable bonds is 3. The van der Waals surface area contributed by atoms with E-state index in [1.807, 2.05) is 0 Å². The first kappa shape index (κ1) is 5.96. The lowest BCUT2D eigenvalue weighted by Gasteiger charge is -1.86. The van der Waals surface area contributed by atoms with E-state index in [4.69, 9.17) is 5.73 Å². The molecule has 0 unspecified atom stereocenters. The standard InChI is InChI=1S/C5H13N/c1-2-3-4-5-6/h2-6H2,1H3/i5+2. The minimum Gasteiger partial charge on any atom is -0.330 e. The Bertz CT molecular complexity index is 15.9. The Morgan fingerprint density at radius 3 is 2.50 bits per heavy atom. The van der Waals surface area contributed by atoms with Crippen LogP contribution in [-0.2, 0) is 0 Å². The van der Waals surface area contributed by atoms with Crippen molar-refractivity contribution in [3.63, 3.8) is 0 Å². The minimum atomic E-state index is 0.855. The van der Waals surface area contributed by atoms with Crippen molar-refractivity contribution in [3.05, 3.63) is 0 Å². The van der Waals surface area contributed by atoms with Crippen molar-refractivity contribution in [2.45, 2.75) is 26.2 Å². The molecule has 1 nitrogen and oxygen atoms in total. The van der Waals surface area contributed by atoms with Gasteiger partial charge in [-0.15, -0.1) is 0 Å². The molecule has 0 radical (unpaired) electrons. The molecule has 0 spiro atoms. The van der Waals surface area contributed by atoms with Crippen LogP contribution >= 0.6 is 0 Å². The van der Waals surface area contributed by atoms with Crippen molar-refractivity contribution in [3.8, 4) is 0 Å². The molecule has 0 aliphatic rings. The van der Waals surface area contributed by atoms with Crippen LogP contribution in [0.2, 0.25) is 0 Å². The SMILES string of the molecule is CCCC[14CH2]N. The fraction of sp³-hybridized carbons (Fsp3) is 1.00.